The summed E-state index contributed by atoms with van der Waals surface area (Å²) < 4.78 is 7.58. The van der Waals surface area contributed by atoms with E-state index in [1.54, 1.807) is 9.58 Å². The maximum Gasteiger partial charge on any atom is 0.249 e. The van der Waals surface area contributed by atoms with Gasteiger partial charge in [0.1, 0.15) is 23.9 Å². The largest absolute Gasteiger partial charge is 0.493 e. The zero-order valence-corrected chi connectivity index (χ0v) is 22.8. The Hall–Kier alpha value is -4.20. The van der Waals surface area contributed by atoms with Crippen molar-refractivity contribution < 1.29 is 14.3 Å². The average molecular weight is 526 g/mol. The standard InChI is InChI=1S/C31H35N5O3/c1-4-39-27-19-10-7-16-24(27)30(31(38)32-23-14-5-6-15-23)36(29-21(2)12-11-13-22(29)3)28(37)20-35-26-18-9-8-17-25(26)33-34-35/h7-13,16-19,23,30H,4-6,14-15,20H2,1-3H3,(H,32,38)/t30-/m0/s1. The summed E-state index contributed by atoms with van der Waals surface area (Å²) in [5, 5.41) is 11.7. The van der Waals surface area contributed by atoms with Gasteiger partial charge in [-0.05, 0) is 62.9 Å². The fourth-order valence-corrected chi connectivity index (χ4v) is 5.56. The number of nitrogens with zero attached hydrogens (tertiary/aromatic N) is 4. The summed E-state index contributed by atoms with van der Waals surface area (Å²) in [5.74, 6) is 0.108. The van der Waals surface area contributed by atoms with Crippen molar-refractivity contribution in [1.82, 2.24) is 20.3 Å². The van der Waals surface area contributed by atoms with Gasteiger partial charge < -0.3 is 10.1 Å². The van der Waals surface area contributed by atoms with E-state index in [2.05, 4.69) is 15.6 Å². The number of benzene rings is 3. The fraction of sp³-hybridized carbons (Fsp3) is 0.355. The molecule has 1 N–H and O–H groups in total. The first kappa shape index (κ1) is 26.4. The van der Waals surface area contributed by atoms with E-state index in [0.29, 0.717) is 29.1 Å². The number of amides is 2. The van der Waals surface area contributed by atoms with E-state index in [1.807, 2.05) is 87.5 Å². The lowest BCUT2D eigenvalue weighted by Crippen LogP contribution is -2.48. The van der Waals surface area contributed by atoms with Crippen molar-refractivity contribution in [1.29, 1.82) is 0 Å². The Bertz CT molecular complexity index is 1450. The smallest absolute Gasteiger partial charge is 0.249 e. The minimum Gasteiger partial charge on any atom is -0.493 e. The number of hydrogen-bond acceptors (Lipinski definition) is 5. The van der Waals surface area contributed by atoms with Crippen LogP contribution >= 0.6 is 0 Å². The van der Waals surface area contributed by atoms with Gasteiger partial charge in [0.05, 0.1) is 17.8 Å². The van der Waals surface area contributed by atoms with Crippen molar-refractivity contribution in [2.75, 3.05) is 11.5 Å². The van der Waals surface area contributed by atoms with E-state index in [0.717, 1.165) is 42.3 Å². The second-order valence-electron chi connectivity index (χ2n) is 10.1. The molecule has 0 unspecified atom stereocenters. The van der Waals surface area contributed by atoms with E-state index in [9.17, 15) is 9.59 Å². The lowest BCUT2D eigenvalue weighted by atomic mass is 9.98. The Morgan fingerprint density at radius 1 is 1.00 bits per heavy atom. The number of anilines is 1. The van der Waals surface area contributed by atoms with Crippen LogP contribution in [0.25, 0.3) is 11.0 Å². The fourth-order valence-electron chi connectivity index (χ4n) is 5.56. The van der Waals surface area contributed by atoms with Crippen LogP contribution in [-0.2, 0) is 16.1 Å². The topological polar surface area (TPSA) is 89.4 Å². The summed E-state index contributed by atoms with van der Waals surface area (Å²) in [6, 6.07) is 20.1. The summed E-state index contributed by atoms with van der Waals surface area (Å²) in [7, 11) is 0. The number of hydrogen-bond donors (Lipinski definition) is 1. The SMILES string of the molecule is CCOc1ccccc1[C@@H](C(=O)NC1CCCC1)N(C(=O)Cn1nnc2ccccc21)c1c(C)cccc1C. The van der Waals surface area contributed by atoms with Gasteiger partial charge in [0.25, 0.3) is 0 Å². The van der Waals surface area contributed by atoms with Crippen molar-refractivity contribution in [2.24, 2.45) is 0 Å². The molecule has 8 nitrogen and oxygen atoms in total. The first-order valence-electron chi connectivity index (χ1n) is 13.7. The highest BCUT2D eigenvalue weighted by molar-refractivity contribution is 6.03. The molecule has 1 aliphatic rings. The number of aryl methyl sites for hydroxylation is 2. The lowest BCUT2D eigenvalue weighted by Gasteiger charge is -2.35. The van der Waals surface area contributed by atoms with Crippen LogP contribution in [0.1, 0.15) is 55.3 Å². The molecule has 39 heavy (non-hydrogen) atoms. The van der Waals surface area contributed by atoms with Gasteiger partial charge in [0, 0.05) is 11.6 Å². The van der Waals surface area contributed by atoms with Gasteiger partial charge in [-0.15, -0.1) is 5.10 Å². The first-order chi connectivity index (χ1) is 19.0. The van der Waals surface area contributed by atoms with Crippen LogP contribution in [0.2, 0.25) is 0 Å². The molecule has 5 rings (SSSR count). The van der Waals surface area contributed by atoms with E-state index in [-0.39, 0.29) is 24.4 Å². The molecule has 4 aromatic rings. The maximum atomic E-state index is 14.4. The summed E-state index contributed by atoms with van der Waals surface area (Å²) in [4.78, 5) is 30.3. The third-order valence-electron chi connectivity index (χ3n) is 7.38. The van der Waals surface area contributed by atoms with Crippen LogP contribution in [0.3, 0.4) is 0 Å². The Balaban J connectivity index is 1.65. The normalized spacial score (nSPS) is 14.3. The molecule has 1 fully saturated rings. The number of rotatable bonds is 9. The molecular weight excluding hydrogens is 490 g/mol. The Morgan fingerprint density at radius 2 is 1.69 bits per heavy atom. The second-order valence-corrected chi connectivity index (χ2v) is 10.1. The Kier molecular flexibility index (Phi) is 7.91. The summed E-state index contributed by atoms with van der Waals surface area (Å²) in [6.07, 6.45) is 4.05. The number of carbonyl (C=O) groups is 2. The molecule has 1 heterocycles. The number of para-hydroxylation sites is 3. The molecule has 0 saturated heterocycles. The predicted octanol–water partition coefficient (Wildman–Crippen LogP) is 5.28. The van der Waals surface area contributed by atoms with Crippen LogP contribution < -0.4 is 15.0 Å². The molecule has 0 bridgehead atoms. The molecule has 2 amide bonds. The third-order valence-corrected chi connectivity index (χ3v) is 7.38. The highest BCUT2D eigenvalue weighted by Crippen LogP contribution is 2.37. The monoisotopic (exact) mass is 525 g/mol. The van der Waals surface area contributed by atoms with Crippen LogP contribution in [0.5, 0.6) is 5.75 Å². The van der Waals surface area contributed by atoms with Gasteiger partial charge in [-0.3, -0.25) is 14.5 Å². The number of aromatic nitrogens is 3. The maximum absolute atomic E-state index is 14.4. The number of nitrogens with one attached hydrogen (secondary N) is 1. The summed E-state index contributed by atoms with van der Waals surface area (Å²) in [6.45, 7) is 6.21. The van der Waals surface area contributed by atoms with Crippen molar-refractivity contribution in [3.8, 4) is 5.75 Å². The van der Waals surface area contributed by atoms with Crippen molar-refractivity contribution in [3.05, 3.63) is 83.4 Å². The van der Waals surface area contributed by atoms with Gasteiger partial charge in [0.15, 0.2) is 0 Å². The molecule has 0 spiro atoms. The zero-order chi connectivity index (χ0) is 27.4. The molecular formula is C31H35N5O3. The summed E-state index contributed by atoms with van der Waals surface area (Å²) >= 11 is 0. The van der Waals surface area contributed by atoms with Crippen molar-refractivity contribution in [2.45, 2.75) is 65.1 Å². The molecule has 1 saturated carbocycles. The van der Waals surface area contributed by atoms with Gasteiger partial charge in [0.2, 0.25) is 11.8 Å². The number of fused-ring (bicyclic) bond motifs is 1. The van der Waals surface area contributed by atoms with Crippen LogP contribution in [0.4, 0.5) is 5.69 Å². The molecule has 1 atom stereocenters. The molecule has 0 aliphatic heterocycles. The zero-order valence-electron chi connectivity index (χ0n) is 22.8. The van der Waals surface area contributed by atoms with Gasteiger partial charge >= 0.3 is 0 Å². The third kappa shape index (κ3) is 5.50. The van der Waals surface area contributed by atoms with E-state index < -0.39 is 6.04 Å². The van der Waals surface area contributed by atoms with Gasteiger partial charge in [-0.1, -0.05) is 66.6 Å². The number of carbonyl (C=O) groups excluding carboxylic acids is 2. The van der Waals surface area contributed by atoms with E-state index in [4.69, 9.17) is 4.74 Å². The quantitative estimate of drug-likeness (QED) is 0.321. The van der Waals surface area contributed by atoms with Gasteiger partial charge in [-0.2, -0.15) is 0 Å². The van der Waals surface area contributed by atoms with Crippen LogP contribution in [0, 0.1) is 13.8 Å². The Morgan fingerprint density at radius 3 is 2.44 bits per heavy atom. The lowest BCUT2D eigenvalue weighted by molar-refractivity contribution is -0.127. The van der Waals surface area contributed by atoms with Crippen LogP contribution in [0.15, 0.2) is 66.7 Å². The van der Waals surface area contributed by atoms with Crippen LogP contribution in [-0.4, -0.2) is 39.5 Å². The second kappa shape index (κ2) is 11.7. The molecule has 0 radical (unpaired) electrons. The Labute approximate surface area is 229 Å². The van der Waals surface area contributed by atoms with Crippen molar-refractivity contribution in [3.63, 3.8) is 0 Å². The molecule has 202 valence electrons. The first-order valence-corrected chi connectivity index (χ1v) is 13.7. The van der Waals surface area contributed by atoms with Crippen molar-refractivity contribution >= 4 is 28.5 Å². The molecule has 1 aromatic heterocycles. The van der Waals surface area contributed by atoms with Gasteiger partial charge in [-0.25, -0.2) is 4.68 Å². The highest BCUT2D eigenvalue weighted by atomic mass is 16.5. The van der Waals surface area contributed by atoms with E-state index >= 15 is 0 Å². The molecule has 8 heteroatoms. The minimum atomic E-state index is -0.935. The minimum absolute atomic E-state index is 0.0711. The molecule has 1 aliphatic carbocycles. The highest BCUT2D eigenvalue weighted by Gasteiger charge is 2.37. The summed E-state index contributed by atoms with van der Waals surface area (Å²) in [5.41, 5.74) is 4.63. The molecule has 3 aromatic carbocycles. The average Bonchev–Trinajstić information content (AvgIpc) is 3.59. The van der Waals surface area contributed by atoms with E-state index in [1.165, 1.54) is 0 Å². The predicted molar refractivity (Wildman–Crippen MR) is 152 cm³/mol. The number of ether oxygens (including phenoxy) is 1.